The Morgan fingerprint density at radius 3 is 1.86 bits per heavy atom. The van der Waals surface area contributed by atoms with Crippen LogP contribution in [0.3, 0.4) is 0 Å². The molecule has 0 amide bonds. The fourth-order valence-electron chi connectivity index (χ4n) is 3.69. The smallest absolute Gasteiger partial charge is 0.203 e. The number of hydrogen-bond donors (Lipinski definition) is 1. The average Bonchev–Trinajstić information content (AvgIpc) is 2.88. The number of methoxy groups -OCH3 is 5. The van der Waals surface area contributed by atoms with Gasteiger partial charge in [0.1, 0.15) is 11.5 Å². The van der Waals surface area contributed by atoms with Crippen LogP contribution in [0.2, 0.25) is 0 Å². The molecule has 0 unspecified atom stereocenters. The van der Waals surface area contributed by atoms with E-state index in [2.05, 4.69) is 10.2 Å². The topological polar surface area (TPSA) is 61.4 Å². The van der Waals surface area contributed by atoms with Crippen molar-refractivity contribution in [3.8, 4) is 28.7 Å². The molecule has 35 heavy (non-hydrogen) atoms. The molecule has 7 nitrogen and oxygen atoms in total. The Kier molecular flexibility index (Phi) is 9.03. The minimum absolute atomic E-state index is 0.503. The Hall–Kier alpha value is -3.65. The Bertz CT molecular complexity index is 1130. The largest absolute Gasteiger partial charge is 0.497 e. The summed E-state index contributed by atoms with van der Waals surface area (Å²) in [4.78, 5) is 2.07. The lowest BCUT2D eigenvalue weighted by molar-refractivity contribution is 0.322. The summed E-state index contributed by atoms with van der Waals surface area (Å²) in [6, 6.07) is 17.7. The summed E-state index contributed by atoms with van der Waals surface area (Å²) in [5.41, 5.74) is 3.94. The number of aryl methyl sites for hydroxylation is 1. The maximum atomic E-state index is 5.86. The fraction of sp³-hybridized carbons (Fsp3) is 0.296. The molecule has 0 aliphatic carbocycles. The summed E-state index contributed by atoms with van der Waals surface area (Å²) < 4.78 is 27.4. The lowest BCUT2D eigenvalue weighted by atomic mass is 10.1. The molecule has 0 aliphatic heterocycles. The highest BCUT2D eigenvalue weighted by molar-refractivity contribution is 7.80. The van der Waals surface area contributed by atoms with Crippen molar-refractivity contribution in [1.82, 2.24) is 4.90 Å². The third-order valence-electron chi connectivity index (χ3n) is 5.52. The van der Waals surface area contributed by atoms with Crippen LogP contribution >= 0.6 is 12.2 Å². The predicted molar refractivity (Wildman–Crippen MR) is 142 cm³/mol. The van der Waals surface area contributed by atoms with Gasteiger partial charge in [-0.25, -0.2) is 0 Å². The second-order valence-corrected chi connectivity index (χ2v) is 8.26. The third kappa shape index (κ3) is 6.48. The van der Waals surface area contributed by atoms with Gasteiger partial charge in [-0.15, -0.1) is 0 Å². The average molecular weight is 497 g/mol. The van der Waals surface area contributed by atoms with Gasteiger partial charge in [-0.1, -0.05) is 18.2 Å². The lowest BCUT2D eigenvalue weighted by Gasteiger charge is -2.27. The normalized spacial score (nSPS) is 10.3. The molecule has 3 aromatic rings. The van der Waals surface area contributed by atoms with Gasteiger partial charge in [0.2, 0.25) is 5.75 Å². The van der Waals surface area contributed by atoms with Crippen LogP contribution in [-0.4, -0.2) is 45.6 Å². The molecule has 3 rings (SSSR count). The van der Waals surface area contributed by atoms with E-state index in [0.29, 0.717) is 35.5 Å². The van der Waals surface area contributed by atoms with Crippen molar-refractivity contribution in [1.29, 1.82) is 0 Å². The van der Waals surface area contributed by atoms with Crippen molar-refractivity contribution < 1.29 is 23.7 Å². The molecule has 0 saturated carbocycles. The number of nitrogens with one attached hydrogen (secondary N) is 1. The first-order valence-electron chi connectivity index (χ1n) is 11.0. The summed E-state index contributed by atoms with van der Waals surface area (Å²) in [5, 5.41) is 3.90. The molecule has 0 heterocycles. The van der Waals surface area contributed by atoms with Crippen LogP contribution in [0.5, 0.6) is 28.7 Å². The van der Waals surface area contributed by atoms with E-state index in [9.17, 15) is 0 Å². The minimum Gasteiger partial charge on any atom is -0.497 e. The molecule has 0 radical (unpaired) electrons. The predicted octanol–water partition coefficient (Wildman–Crippen LogP) is 5.44. The van der Waals surface area contributed by atoms with Crippen molar-refractivity contribution in [2.75, 3.05) is 40.9 Å². The Balaban J connectivity index is 1.94. The fourth-order valence-corrected chi connectivity index (χ4v) is 3.93. The molecule has 0 atom stereocenters. The maximum absolute atomic E-state index is 5.86. The molecular weight excluding hydrogens is 464 g/mol. The highest BCUT2D eigenvalue weighted by atomic mass is 32.1. The second-order valence-electron chi connectivity index (χ2n) is 7.87. The zero-order valence-electron chi connectivity index (χ0n) is 21.0. The van der Waals surface area contributed by atoms with Gasteiger partial charge in [-0.05, 0) is 72.2 Å². The van der Waals surface area contributed by atoms with Crippen molar-refractivity contribution in [2.45, 2.75) is 20.0 Å². The number of hydrogen-bond acceptors (Lipinski definition) is 6. The summed E-state index contributed by atoms with van der Waals surface area (Å²) in [5.74, 6) is 3.25. The first-order chi connectivity index (χ1) is 16.9. The summed E-state index contributed by atoms with van der Waals surface area (Å²) in [6.07, 6.45) is 0. The maximum Gasteiger partial charge on any atom is 0.203 e. The van der Waals surface area contributed by atoms with Crippen molar-refractivity contribution in [3.05, 3.63) is 71.3 Å². The van der Waals surface area contributed by atoms with Gasteiger partial charge in [-0.3, -0.25) is 0 Å². The van der Waals surface area contributed by atoms with E-state index in [1.165, 1.54) is 0 Å². The van der Waals surface area contributed by atoms with E-state index in [0.717, 1.165) is 33.9 Å². The highest BCUT2D eigenvalue weighted by Crippen LogP contribution is 2.38. The van der Waals surface area contributed by atoms with Crippen molar-refractivity contribution >= 4 is 23.0 Å². The summed E-state index contributed by atoms with van der Waals surface area (Å²) in [7, 11) is 8.09. The molecule has 8 heteroatoms. The van der Waals surface area contributed by atoms with E-state index in [4.69, 9.17) is 35.9 Å². The molecule has 1 N–H and O–H groups in total. The number of nitrogens with zero attached hydrogens (tertiary/aromatic N) is 1. The molecule has 3 aromatic carbocycles. The van der Waals surface area contributed by atoms with Crippen LogP contribution in [0.25, 0.3) is 0 Å². The quantitative estimate of drug-likeness (QED) is 0.373. The molecule has 0 saturated heterocycles. The van der Waals surface area contributed by atoms with Gasteiger partial charge in [0, 0.05) is 13.1 Å². The molecule has 0 fully saturated rings. The van der Waals surface area contributed by atoms with Crippen LogP contribution in [0.1, 0.15) is 16.7 Å². The van der Waals surface area contributed by atoms with E-state index < -0.39 is 0 Å². The number of benzene rings is 3. The van der Waals surface area contributed by atoms with E-state index >= 15 is 0 Å². The number of thiocarbonyl (C=S) groups is 1. The van der Waals surface area contributed by atoms with Crippen molar-refractivity contribution in [2.24, 2.45) is 0 Å². The second kappa shape index (κ2) is 12.2. The lowest BCUT2D eigenvalue weighted by Crippen LogP contribution is -2.34. The Labute approximate surface area is 212 Å². The molecular formula is C27H32N2O5S. The van der Waals surface area contributed by atoms with E-state index in [1.54, 1.807) is 35.5 Å². The Morgan fingerprint density at radius 1 is 0.714 bits per heavy atom. The Morgan fingerprint density at radius 2 is 1.31 bits per heavy atom. The van der Waals surface area contributed by atoms with Gasteiger partial charge in [-0.2, -0.15) is 0 Å². The van der Waals surface area contributed by atoms with Crippen molar-refractivity contribution in [3.63, 3.8) is 0 Å². The molecule has 0 aliphatic rings. The van der Waals surface area contributed by atoms with Crippen LogP contribution in [0.4, 0.5) is 5.69 Å². The van der Waals surface area contributed by atoms with Gasteiger partial charge in [0.25, 0.3) is 0 Å². The number of rotatable bonds is 10. The monoisotopic (exact) mass is 496 g/mol. The standard InChI is InChI=1S/C27H32N2O5S/c1-18-7-12-22(23(13-18)31-3)28-27(35)29(16-19-8-10-21(30-2)11-9-19)17-20-14-24(32-4)26(34-6)25(15-20)33-5/h7-15H,16-17H2,1-6H3,(H,28,35). The molecule has 186 valence electrons. The minimum atomic E-state index is 0.503. The van der Waals surface area contributed by atoms with Crippen LogP contribution in [0, 0.1) is 6.92 Å². The van der Waals surface area contributed by atoms with Gasteiger partial charge in [0.05, 0.1) is 41.2 Å². The number of ether oxygens (including phenoxy) is 5. The van der Waals surface area contributed by atoms with Crippen LogP contribution < -0.4 is 29.0 Å². The van der Waals surface area contributed by atoms with Gasteiger partial charge >= 0.3 is 0 Å². The summed E-state index contributed by atoms with van der Waals surface area (Å²) >= 11 is 5.86. The third-order valence-corrected chi connectivity index (χ3v) is 5.88. The first-order valence-corrected chi connectivity index (χ1v) is 11.5. The molecule has 0 bridgehead atoms. The highest BCUT2D eigenvalue weighted by Gasteiger charge is 2.18. The van der Waals surface area contributed by atoms with E-state index in [-0.39, 0.29) is 0 Å². The van der Waals surface area contributed by atoms with Gasteiger partial charge < -0.3 is 33.9 Å². The van der Waals surface area contributed by atoms with Crippen LogP contribution in [0.15, 0.2) is 54.6 Å². The number of anilines is 1. The van der Waals surface area contributed by atoms with Gasteiger partial charge in [0.15, 0.2) is 16.6 Å². The molecule has 0 aromatic heterocycles. The zero-order chi connectivity index (χ0) is 25.4. The first kappa shape index (κ1) is 26.0. The molecule has 0 spiro atoms. The SMILES string of the molecule is COc1ccc(CN(Cc2cc(OC)c(OC)c(OC)c2)C(=S)Nc2ccc(C)cc2OC)cc1. The van der Waals surface area contributed by atoms with Crippen LogP contribution in [-0.2, 0) is 13.1 Å². The summed E-state index contributed by atoms with van der Waals surface area (Å²) in [6.45, 7) is 3.09. The zero-order valence-corrected chi connectivity index (χ0v) is 21.8. The van der Waals surface area contributed by atoms with E-state index in [1.807, 2.05) is 61.5 Å².